The molecule has 2 heterocycles. The zero-order chi connectivity index (χ0) is 13.3. The molecule has 2 fully saturated rings. The van der Waals surface area contributed by atoms with Gasteiger partial charge in [-0.15, -0.1) is 0 Å². The number of nitrogens with one attached hydrogen (secondary N) is 1. The van der Waals surface area contributed by atoms with Crippen LogP contribution in [0.2, 0.25) is 0 Å². The Kier molecular flexibility index (Phi) is 7.14. The van der Waals surface area contributed by atoms with Gasteiger partial charge in [0.1, 0.15) is 0 Å². The highest BCUT2D eigenvalue weighted by molar-refractivity contribution is 4.81. The van der Waals surface area contributed by atoms with Crippen LogP contribution in [0.4, 0.5) is 0 Å². The zero-order valence-corrected chi connectivity index (χ0v) is 12.4. The summed E-state index contributed by atoms with van der Waals surface area (Å²) in [6.45, 7) is 7.40. The minimum atomic E-state index is 0.730. The van der Waals surface area contributed by atoms with Gasteiger partial charge >= 0.3 is 0 Å². The normalized spacial score (nSPS) is 26.7. The predicted octanol–water partition coefficient (Wildman–Crippen LogP) is 1.50. The molecule has 0 aromatic carbocycles. The van der Waals surface area contributed by atoms with Crippen molar-refractivity contribution in [1.29, 1.82) is 0 Å². The number of ether oxygens (including phenoxy) is 2. The van der Waals surface area contributed by atoms with E-state index in [1.165, 1.54) is 45.2 Å². The molecule has 4 nitrogen and oxygen atoms in total. The summed E-state index contributed by atoms with van der Waals surface area (Å²) < 4.78 is 10.6. The van der Waals surface area contributed by atoms with Gasteiger partial charge in [0.15, 0.2) is 0 Å². The van der Waals surface area contributed by atoms with Crippen molar-refractivity contribution < 1.29 is 9.47 Å². The van der Waals surface area contributed by atoms with Crippen LogP contribution in [0.1, 0.15) is 32.1 Å². The minimum Gasteiger partial charge on any atom is -0.383 e. The summed E-state index contributed by atoms with van der Waals surface area (Å²) in [5, 5.41) is 3.53. The van der Waals surface area contributed by atoms with E-state index in [0.29, 0.717) is 0 Å². The molecule has 112 valence electrons. The molecule has 1 unspecified atom stereocenters. The van der Waals surface area contributed by atoms with Gasteiger partial charge in [-0.1, -0.05) is 6.42 Å². The minimum absolute atomic E-state index is 0.730. The van der Waals surface area contributed by atoms with Gasteiger partial charge in [-0.05, 0) is 38.1 Å². The van der Waals surface area contributed by atoms with Gasteiger partial charge in [0.05, 0.1) is 6.61 Å². The summed E-state index contributed by atoms with van der Waals surface area (Å²) in [5.74, 6) is 0.855. The predicted molar refractivity (Wildman–Crippen MR) is 77.5 cm³/mol. The molecule has 2 aliphatic rings. The molecule has 0 radical (unpaired) electrons. The Morgan fingerprint density at radius 2 is 2.05 bits per heavy atom. The molecule has 0 saturated carbocycles. The van der Waals surface area contributed by atoms with E-state index < -0.39 is 0 Å². The molecule has 0 aromatic rings. The van der Waals surface area contributed by atoms with E-state index in [-0.39, 0.29) is 0 Å². The maximum absolute atomic E-state index is 5.46. The Bertz CT molecular complexity index is 232. The molecule has 4 heteroatoms. The van der Waals surface area contributed by atoms with Gasteiger partial charge in [0, 0.05) is 46.0 Å². The largest absolute Gasteiger partial charge is 0.383 e. The van der Waals surface area contributed by atoms with Gasteiger partial charge < -0.3 is 14.8 Å². The van der Waals surface area contributed by atoms with Crippen molar-refractivity contribution in [2.75, 3.05) is 53.1 Å². The molecule has 0 spiro atoms. The van der Waals surface area contributed by atoms with E-state index >= 15 is 0 Å². The number of likely N-dealkylation sites (tertiary alicyclic amines) is 1. The summed E-state index contributed by atoms with van der Waals surface area (Å²) in [5.41, 5.74) is 0. The molecule has 1 atom stereocenters. The van der Waals surface area contributed by atoms with E-state index in [0.717, 1.165) is 44.9 Å². The van der Waals surface area contributed by atoms with E-state index in [4.69, 9.17) is 9.47 Å². The molecule has 0 aromatic heterocycles. The highest BCUT2D eigenvalue weighted by atomic mass is 16.5. The molecule has 2 rings (SSSR count). The van der Waals surface area contributed by atoms with Crippen LogP contribution in [-0.4, -0.2) is 64.1 Å². The second kappa shape index (κ2) is 8.90. The molecule has 1 N–H and O–H groups in total. The maximum atomic E-state index is 5.46. The maximum Gasteiger partial charge on any atom is 0.0587 e. The van der Waals surface area contributed by atoms with Crippen LogP contribution >= 0.6 is 0 Å². The molecule has 0 bridgehead atoms. The number of rotatable bonds is 7. The van der Waals surface area contributed by atoms with E-state index in [2.05, 4.69) is 10.2 Å². The topological polar surface area (TPSA) is 33.7 Å². The number of nitrogens with zero attached hydrogens (tertiary/aromatic N) is 1. The van der Waals surface area contributed by atoms with Crippen molar-refractivity contribution in [1.82, 2.24) is 10.2 Å². The first-order valence-electron chi connectivity index (χ1n) is 7.91. The Balaban J connectivity index is 1.71. The van der Waals surface area contributed by atoms with Crippen LogP contribution in [0.5, 0.6) is 0 Å². The Hall–Kier alpha value is -0.160. The fourth-order valence-corrected chi connectivity index (χ4v) is 3.24. The van der Waals surface area contributed by atoms with Crippen molar-refractivity contribution in [3.8, 4) is 0 Å². The average Bonchev–Trinajstić information content (AvgIpc) is 2.46. The van der Waals surface area contributed by atoms with Crippen molar-refractivity contribution in [3.05, 3.63) is 0 Å². The third-order valence-corrected chi connectivity index (χ3v) is 4.45. The van der Waals surface area contributed by atoms with Crippen molar-refractivity contribution >= 4 is 0 Å². The standard InChI is InChI=1S/C15H30N2O2/c1-18-11-7-16-12-15-4-2-3-8-17(15)13-14-5-9-19-10-6-14/h14-16H,2-13H2,1H3. The lowest BCUT2D eigenvalue weighted by Gasteiger charge is -2.39. The van der Waals surface area contributed by atoms with Crippen LogP contribution in [0, 0.1) is 5.92 Å². The molecule has 2 saturated heterocycles. The van der Waals surface area contributed by atoms with Crippen molar-refractivity contribution in [2.24, 2.45) is 5.92 Å². The highest BCUT2D eigenvalue weighted by Crippen LogP contribution is 2.22. The summed E-state index contributed by atoms with van der Waals surface area (Å²) in [4.78, 5) is 2.72. The Labute approximate surface area is 117 Å². The third kappa shape index (κ3) is 5.38. The van der Waals surface area contributed by atoms with E-state index in [9.17, 15) is 0 Å². The first-order valence-corrected chi connectivity index (χ1v) is 7.91. The van der Waals surface area contributed by atoms with E-state index in [1.807, 2.05) is 0 Å². The van der Waals surface area contributed by atoms with Crippen molar-refractivity contribution in [3.63, 3.8) is 0 Å². The molecular formula is C15H30N2O2. The first-order chi connectivity index (χ1) is 9.40. The van der Waals surface area contributed by atoms with Crippen LogP contribution in [0.15, 0.2) is 0 Å². The van der Waals surface area contributed by atoms with Gasteiger partial charge in [-0.25, -0.2) is 0 Å². The number of piperidine rings is 1. The zero-order valence-electron chi connectivity index (χ0n) is 12.4. The first kappa shape index (κ1) is 15.2. The van der Waals surface area contributed by atoms with Crippen LogP contribution in [0.25, 0.3) is 0 Å². The second-order valence-electron chi connectivity index (χ2n) is 5.90. The summed E-state index contributed by atoms with van der Waals surface area (Å²) in [6.07, 6.45) is 6.61. The molecule has 0 aliphatic carbocycles. The monoisotopic (exact) mass is 270 g/mol. The molecule has 2 aliphatic heterocycles. The number of hydrogen-bond donors (Lipinski definition) is 1. The average molecular weight is 270 g/mol. The second-order valence-corrected chi connectivity index (χ2v) is 5.90. The van der Waals surface area contributed by atoms with Crippen LogP contribution in [-0.2, 0) is 9.47 Å². The number of methoxy groups -OCH3 is 1. The van der Waals surface area contributed by atoms with Crippen LogP contribution in [0.3, 0.4) is 0 Å². The lowest BCUT2D eigenvalue weighted by molar-refractivity contribution is 0.0383. The van der Waals surface area contributed by atoms with Crippen LogP contribution < -0.4 is 5.32 Å². The number of hydrogen-bond acceptors (Lipinski definition) is 4. The molecule has 19 heavy (non-hydrogen) atoms. The smallest absolute Gasteiger partial charge is 0.0587 e. The van der Waals surface area contributed by atoms with Gasteiger partial charge in [-0.2, -0.15) is 0 Å². The fourth-order valence-electron chi connectivity index (χ4n) is 3.24. The molecule has 0 amide bonds. The highest BCUT2D eigenvalue weighted by Gasteiger charge is 2.25. The summed E-state index contributed by atoms with van der Waals surface area (Å²) in [7, 11) is 1.76. The Morgan fingerprint density at radius 3 is 2.84 bits per heavy atom. The van der Waals surface area contributed by atoms with Crippen molar-refractivity contribution in [2.45, 2.75) is 38.1 Å². The lowest BCUT2D eigenvalue weighted by Crippen LogP contribution is -2.48. The van der Waals surface area contributed by atoms with Gasteiger partial charge in [0.25, 0.3) is 0 Å². The third-order valence-electron chi connectivity index (χ3n) is 4.45. The lowest BCUT2D eigenvalue weighted by atomic mass is 9.95. The SMILES string of the molecule is COCCNCC1CCCCN1CC1CCOCC1. The fraction of sp³-hybridized carbons (Fsp3) is 1.00. The molecular weight excluding hydrogens is 240 g/mol. The van der Waals surface area contributed by atoms with Gasteiger partial charge in [0.2, 0.25) is 0 Å². The van der Waals surface area contributed by atoms with Gasteiger partial charge in [-0.3, -0.25) is 4.90 Å². The quantitative estimate of drug-likeness (QED) is 0.711. The van der Waals surface area contributed by atoms with E-state index in [1.54, 1.807) is 7.11 Å². The Morgan fingerprint density at radius 1 is 1.21 bits per heavy atom. The summed E-state index contributed by atoms with van der Waals surface area (Å²) in [6, 6.07) is 0.730. The summed E-state index contributed by atoms with van der Waals surface area (Å²) >= 11 is 0.